The monoisotopic (exact) mass is 487 g/mol. The molecule has 1 heterocycles. The average molecular weight is 488 g/mol. The Kier molecular flexibility index (Phi) is 7.46. The molecule has 0 amide bonds. The van der Waals surface area contributed by atoms with Gasteiger partial charge in [-0.3, -0.25) is 14.4 Å². The zero-order valence-electron chi connectivity index (χ0n) is 18.0. The number of nitrogens with one attached hydrogen (secondary N) is 2. The Morgan fingerprint density at radius 2 is 1.97 bits per heavy atom. The van der Waals surface area contributed by atoms with Crippen LogP contribution >= 0.6 is 11.6 Å². The van der Waals surface area contributed by atoms with Crippen molar-refractivity contribution in [3.8, 4) is 5.75 Å². The molecule has 0 aliphatic carbocycles. The molecule has 1 aliphatic heterocycles. The first-order valence-electron chi connectivity index (χ1n) is 10.2. The quantitative estimate of drug-likeness (QED) is 0.262. The Labute approximate surface area is 190 Å². The Hall–Kier alpha value is -2.18. The topological polar surface area (TPSA) is 134 Å². The summed E-state index contributed by atoms with van der Waals surface area (Å²) in [5.74, 6) is -0.696. The van der Waals surface area contributed by atoms with Gasteiger partial charge in [-0.25, -0.2) is 8.42 Å². The van der Waals surface area contributed by atoms with E-state index in [4.69, 9.17) is 21.2 Å². The van der Waals surface area contributed by atoms with Crippen molar-refractivity contribution in [2.24, 2.45) is 0 Å². The van der Waals surface area contributed by atoms with Gasteiger partial charge in [0.05, 0.1) is 30.0 Å². The van der Waals surface area contributed by atoms with Crippen molar-refractivity contribution < 1.29 is 23.1 Å². The van der Waals surface area contributed by atoms with Gasteiger partial charge in [0.15, 0.2) is 5.75 Å². The second-order valence-electron chi connectivity index (χ2n) is 7.32. The molecule has 0 spiro atoms. The van der Waals surface area contributed by atoms with Gasteiger partial charge in [0, 0.05) is 13.2 Å². The number of hydrogen-bond donors (Lipinski definition) is 3. The van der Waals surface area contributed by atoms with Crippen LogP contribution in [0.3, 0.4) is 0 Å². The summed E-state index contributed by atoms with van der Waals surface area (Å²) in [6.07, 6.45) is 2.36. The van der Waals surface area contributed by atoms with Crippen LogP contribution < -0.4 is 21.5 Å². The molecule has 0 aromatic heterocycles. The largest absolute Gasteiger partial charge is 0.504 e. The maximum absolute atomic E-state index is 12.8. The zero-order chi connectivity index (χ0) is 23.6. The summed E-state index contributed by atoms with van der Waals surface area (Å²) in [6, 6.07) is 2.41. The number of anilines is 3. The van der Waals surface area contributed by atoms with E-state index < -0.39 is 31.5 Å². The van der Waals surface area contributed by atoms with E-state index in [1.54, 1.807) is 6.92 Å². The number of sulfonamides is 1. The Morgan fingerprint density at radius 1 is 1.28 bits per heavy atom. The summed E-state index contributed by atoms with van der Waals surface area (Å²) in [5.41, 5.74) is -1.56. The first-order valence-corrected chi connectivity index (χ1v) is 12.1. The van der Waals surface area contributed by atoms with Crippen molar-refractivity contribution >= 4 is 38.7 Å². The van der Waals surface area contributed by atoms with Crippen LogP contribution in [0.4, 0.5) is 17.1 Å². The molecule has 1 saturated heterocycles. The third-order valence-electron chi connectivity index (χ3n) is 5.42. The maximum Gasteiger partial charge on any atom is 0.270 e. The molecular weight excluding hydrogens is 462 g/mol. The van der Waals surface area contributed by atoms with E-state index in [0.717, 1.165) is 12.8 Å². The second-order valence-corrected chi connectivity index (χ2v) is 9.50. The van der Waals surface area contributed by atoms with Crippen molar-refractivity contribution in [2.75, 3.05) is 30.9 Å². The number of benzene rings is 1. The van der Waals surface area contributed by atoms with Crippen LogP contribution in [0, 0.1) is 0 Å². The average Bonchev–Trinajstić information content (AvgIpc) is 3.29. The van der Waals surface area contributed by atoms with Gasteiger partial charge in [0.2, 0.25) is 0 Å². The fourth-order valence-electron chi connectivity index (χ4n) is 3.74. The lowest BCUT2D eigenvalue weighted by atomic mass is 10.0. The predicted octanol–water partition coefficient (Wildman–Crippen LogP) is 2.33. The van der Waals surface area contributed by atoms with Gasteiger partial charge in [-0.05, 0) is 38.3 Å². The summed E-state index contributed by atoms with van der Waals surface area (Å²) in [5, 5.41) is 16.2. The lowest BCUT2D eigenvalue weighted by Gasteiger charge is -2.26. The van der Waals surface area contributed by atoms with Gasteiger partial charge in [-0.1, -0.05) is 23.0 Å². The second kappa shape index (κ2) is 9.75. The summed E-state index contributed by atoms with van der Waals surface area (Å²) in [4.78, 5) is 28.7. The molecule has 10 nitrogen and oxygen atoms in total. The third kappa shape index (κ3) is 4.35. The van der Waals surface area contributed by atoms with Crippen LogP contribution in [0.15, 0.2) is 26.6 Å². The molecule has 2 aromatic carbocycles. The van der Waals surface area contributed by atoms with Crippen LogP contribution in [0.25, 0.3) is 0 Å². The summed E-state index contributed by atoms with van der Waals surface area (Å²) in [7, 11) is -3.12. The molecule has 3 N–H and O–H groups in total. The number of hydrogen-bond acceptors (Lipinski definition) is 9. The number of phenolic OH excluding ortho intramolecular Hbond substituents is 1. The molecule has 12 heteroatoms. The van der Waals surface area contributed by atoms with Gasteiger partial charge >= 0.3 is 0 Å². The molecule has 1 aliphatic rings. The minimum absolute atomic E-state index is 0.0277. The minimum Gasteiger partial charge on any atom is -0.504 e. The van der Waals surface area contributed by atoms with E-state index in [1.165, 1.54) is 19.2 Å². The number of rotatable bonds is 10. The molecule has 176 valence electrons. The lowest BCUT2D eigenvalue weighted by molar-refractivity contribution is -0.0443. The third-order valence-corrected chi connectivity index (χ3v) is 7.72. The fraction of sp³-hybridized carbons (Fsp3) is 0.500. The van der Waals surface area contributed by atoms with E-state index in [-0.39, 0.29) is 40.8 Å². The molecule has 2 aromatic rings. The van der Waals surface area contributed by atoms with Crippen LogP contribution in [-0.2, 0) is 19.6 Å². The van der Waals surface area contributed by atoms with E-state index >= 15 is 0 Å². The molecule has 1 fully saturated rings. The molecule has 2 atom stereocenters. The number of hydroxylamine groups is 1. The standard InChI is InChI=1S/C20H26ClN3O7S/c1-4-12(14-7-6-10-31-14)22-15-16(19(27)18(15)26)23-13-9-8-11(21)20(17(13)25)32(28,29)24(5-2)30-3/h8-9,12,14,22-23,25H,4-7,10H2,1-3H3/t12-,14?/m1/s1. The van der Waals surface area contributed by atoms with Crippen molar-refractivity contribution in [3.63, 3.8) is 0 Å². The molecular formula is C20H26ClN3O7S. The van der Waals surface area contributed by atoms with Crippen molar-refractivity contribution in [2.45, 2.75) is 50.2 Å². The predicted molar refractivity (Wildman–Crippen MR) is 121 cm³/mol. The molecule has 3 rings (SSSR count). The lowest BCUT2D eigenvalue weighted by Crippen LogP contribution is -2.42. The van der Waals surface area contributed by atoms with Crippen molar-refractivity contribution in [1.29, 1.82) is 0 Å². The number of aromatic hydroxyl groups is 1. The number of halogens is 1. The van der Waals surface area contributed by atoms with E-state index in [1.807, 2.05) is 6.92 Å². The van der Waals surface area contributed by atoms with E-state index in [2.05, 4.69) is 10.6 Å². The van der Waals surface area contributed by atoms with Gasteiger partial charge in [-0.15, -0.1) is 0 Å². The van der Waals surface area contributed by atoms with E-state index in [9.17, 15) is 23.1 Å². The van der Waals surface area contributed by atoms with Crippen molar-refractivity contribution in [1.82, 2.24) is 4.47 Å². The highest BCUT2D eigenvalue weighted by Crippen LogP contribution is 2.40. The van der Waals surface area contributed by atoms with Crippen LogP contribution in [0.1, 0.15) is 33.1 Å². The van der Waals surface area contributed by atoms with Gasteiger partial charge in [0.1, 0.15) is 16.3 Å². The van der Waals surface area contributed by atoms with Crippen LogP contribution in [-0.4, -0.2) is 50.4 Å². The normalized spacial score (nSPS) is 17.7. The van der Waals surface area contributed by atoms with Crippen LogP contribution in [0.5, 0.6) is 5.75 Å². The molecule has 32 heavy (non-hydrogen) atoms. The van der Waals surface area contributed by atoms with Gasteiger partial charge in [0.25, 0.3) is 20.9 Å². The highest BCUT2D eigenvalue weighted by atomic mass is 35.5. The summed E-state index contributed by atoms with van der Waals surface area (Å²) >= 11 is 6.06. The number of ether oxygens (including phenoxy) is 1. The highest BCUT2D eigenvalue weighted by Gasteiger charge is 2.33. The molecule has 0 saturated carbocycles. The zero-order valence-corrected chi connectivity index (χ0v) is 19.5. The minimum atomic E-state index is -4.29. The number of phenols is 1. The van der Waals surface area contributed by atoms with Gasteiger partial charge < -0.3 is 20.5 Å². The van der Waals surface area contributed by atoms with Gasteiger partial charge in [-0.2, -0.15) is 0 Å². The van der Waals surface area contributed by atoms with E-state index in [0.29, 0.717) is 17.5 Å². The van der Waals surface area contributed by atoms with Crippen LogP contribution in [0.2, 0.25) is 5.02 Å². The Balaban J connectivity index is 1.95. The van der Waals surface area contributed by atoms with Crippen molar-refractivity contribution in [3.05, 3.63) is 37.6 Å². The number of nitrogens with zero attached hydrogens (tertiary/aromatic N) is 1. The SMILES string of the molecule is CC[C@@H](Nc1c(Nc2ccc(Cl)c(S(=O)(=O)N(CC)OC)c2O)c(=O)c1=O)C1CCCO1. The molecule has 0 radical (unpaired) electrons. The Bertz CT molecular complexity index is 1150. The molecule has 0 bridgehead atoms. The molecule has 1 unspecified atom stereocenters. The fourth-order valence-corrected chi connectivity index (χ4v) is 5.59. The first kappa shape index (κ1) is 24.5. The summed E-state index contributed by atoms with van der Waals surface area (Å²) < 4.78 is 32.0. The smallest absolute Gasteiger partial charge is 0.270 e. The highest BCUT2D eigenvalue weighted by molar-refractivity contribution is 7.89. The first-order chi connectivity index (χ1) is 15.2. The maximum atomic E-state index is 12.8. The Morgan fingerprint density at radius 3 is 2.53 bits per heavy atom. The summed E-state index contributed by atoms with van der Waals surface area (Å²) in [6.45, 7) is 4.11.